The molecule has 0 bridgehead atoms. The number of allylic oxidation sites excluding steroid dienone is 2. The van der Waals surface area contributed by atoms with Crippen LogP contribution in [0.25, 0.3) is 0 Å². The Kier molecular flexibility index (Phi) is 4.18. The molecule has 1 aliphatic rings. The van der Waals surface area contributed by atoms with Crippen molar-refractivity contribution in [3.63, 3.8) is 0 Å². The molecule has 0 aromatic heterocycles. The smallest absolute Gasteiger partial charge is 0.280 e. The maximum absolute atomic E-state index is 6.50. The largest absolute Gasteiger partial charge is 0.404 e. The predicted octanol–water partition coefficient (Wildman–Crippen LogP) is 3.21. The average Bonchev–Trinajstić information content (AvgIpc) is 2.54. The van der Waals surface area contributed by atoms with E-state index in [-0.39, 0.29) is 0 Å². The van der Waals surface area contributed by atoms with Crippen LogP contribution in [-0.2, 0) is 4.43 Å². The first kappa shape index (κ1) is 14.1. The lowest BCUT2D eigenvalue weighted by Gasteiger charge is -2.30. The van der Waals surface area contributed by atoms with E-state index in [1.807, 2.05) is 0 Å². The van der Waals surface area contributed by atoms with Crippen LogP contribution in [0.3, 0.4) is 0 Å². The van der Waals surface area contributed by atoms with E-state index in [1.165, 1.54) is 15.9 Å². The van der Waals surface area contributed by atoms with Gasteiger partial charge >= 0.3 is 0 Å². The van der Waals surface area contributed by atoms with Crippen LogP contribution >= 0.6 is 0 Å². The molecule has 0 radical (unpaired) electrons. The summed E-state index contributed by atoms with van der Waals surface area (Å²) in [6, 6.07) is 21.3. The first-order valence-corrected chi connectivity index (χ1v) is 9.41. The van der Waals surface area contributed by atoms with Crippen molar-refractivity contribution in [1.82, 2.24) is 0 Å². The predicted molar refractivity (Wildman–Crippen MR) is 91.4 cm³/mol. The summed E-state index contributed by atoms with van der Waals surface area (Å²) in [4.78, 5) is 0. The molecule has 3 rings (SSSR count). The van der Waals surface area contributed by atoms with Gasteiger partial charge in [0, 0.05) is 6.61 Å². The molecular weight excluding hydrogens is 272 g/mol. The molecule has 1 aliphatic heterocycles. The standard InChI is InChI=1S/C19H20OSi/c1-17-9-8-15-20-21(16-14-17,18-10-4-2-5-11-18)19-12-6-3-7-13-19/h2-7,9-14,16H,8,15H2,1H3. The minimum atomic E-state index is -2.28. The number of hydrogen-bond acceptors (Lipinski definition) is 1. The van der Waals surface area contributed by atoms with Crippen LogP contribution in [0, 0.1) is 0 Å². The molecule has 0 N–H and O–H groups in total. The summed E-state index contributed by atoms with van der Waals surface area (Å²) in [5, 5.41) is 2.62. The molecular formula is C19H20OSi. The van der Waals surface area contributed by atoms with Crippen LogP contribution in [-0.4, -0.2) is 14.9 Å². The van der Waals surface area contributed by atoms with E-state index in [1.54, 1.807) is 0 Å². The Labute approximate surface area is 127 Å². The highest BCUT2D eigenvalue weighted by Crippen LogP contribution is 2.15. The van der Waals surface area contributed by atoms with E-state index in [2.05, 4.69) is 85.4 Å². The molecule has 1 heterocycles. The zero-order chi connectivity index (χ0) is 14.5. The Morgan fingerprint density at radius 3 is 2.00 bits per heavy atom. The van der Waals surface area contributed by atoms with Crippen LogP contribution < -0.4 is 10.4 Å². The van der Waals surface area contributed by atoms with Crippen molar-refractivity contribution >= 4 is 18.7 Å². The molecule has 2 heteroatoms. The van der Waals surface area contributed by atoms with E-state index in [4.69, 9.17) is 4.43 Å². The zero-order valence-electron chi connectivity index (χ0n) is 12.3. The quantitative estimate of drug-likeness (QED) is 0.772. The maximum Gasteiger partial charge on any atom is 0.280 e. The highest BCUT2D eigenvalue weighted by Gasteiger charge is 2.37. The molecule has 0 saturated heterocycles. The number of hydrogen-bond donors (Lipinski definition) is 0. The first-order valence-electron chi connectivity index (χ1n) is 7.42. The topological polar surface area (TPSA) is 9.23 Å². The molecule has 0 fully saturated rings. The van der Waals surface area contributed by atoms with Gasteiger partial charge in [0.2, 0.25) is 0 Å². The van der Waals surface area contributed by atoms with Crippen molar-refractivity contribution in [2.24, 2.45) is 0 Å². The van der Waals surface area contributed by atoms with Gasteiger partial charge in [0.05, 0.1) is 0 Å². The zero-order valence-corrected chi connectivity index (χ0v) is 13.3. The fourth-order valence-electron chi connectivity index (χ4n) is 2.77. The summed E-state index contributed by atoms with van der Waals surface area (Å²) in [6.45, 7) is 2.94. The third-order valence-electron chi connectivity index (χ3n) is 3.90. The normalized spacial score (nSPS) is 17.7. The summed E-state index contributed by atoms with van der Waals surface area (Å²) in [7, 11) is -2.28. The summed E-state index contributed by atoms with van der Waals surface area (Å²) < 4.78 is 6.50. The second-order valence-corrected chi connectivity index (χ2v) is 8.63. The second-order valence-electron chi connectivity index (χ2n) is 5.39. The van der Waals surface area contributed by atoms with Crippen molar-refractivity contribution in [2.45, 2.75) is 13.3 Å². The summed E-state index contributed by atoms with van der Waals surface area (Å²) >= 11 is 0. The monoisotopic (exact) mass is 292 g/mol. The highest BCUT2D eigenvalue weighted by atomic mass is 28.4. The van der Waals surface area contributed by atoms with Gasteiger partial charge in [-0.1, -0.05) is 84.1 Å². The van der Waals surface area contributed by atoms with Crippen LogP contribution in [0.2, 0.25) is 0 Å². The SMILES string of the molecule is CC1=CCCO[Si](c2ccccc2)(c2ccccc2)C=C1. The average molecular weight is 292 g/mol. The van der Waals surface area contributed by atoms with Crippen LogP contribution in [0.1, 0.15) is 13.3 Å². The van der Waals surface area contributed by atoms with Crippen LogP contribution in [0.15, 0.2) is 84.1 Å². The van der Waals surface area contributed by atoms with E-state index in [9.17, 15) is 0 Å². The van der Waals surface area contributed by atoms with Gasteiger partial charge < -0.3 is 4.43 Å². The minimum Gasteiger partial charge on any atom is -0.404 e. The third kappa shape index (κ3) is 2.92. The molecule has 21 heavy (non-hydrogen) atoms. The third-order valence-corrected chi connectivity index (χ3v) is 7.58. The molecule has 106 valence electrons. The second kappa shape index (κ2) is 6.25. The van der Waals surface area contributed by atoms with Gasteiger partial charge in [0.15, 0.2) is 0 Å². The molecule has 1 nitrogen and oxygen atoms in total. The minimum absolute atomic E-state index is 0.775. The van der Waals surface area contributed by atoms with Gasteiger partial charge in [-0.3, -0.25) is 0 Å². The van der Waals surface area contributed by atoms with Crippen molar-refractivity contribution < 1.29 is 4.43 Å². The summed E-state index contributed by atoms with van der Waals surface area (Å²) in [5.74, 6) is 0. The molecule has 0 saturated carbocycles. The first-order chi connectivity index (χ1) is 10.3. The lowest BCUT2D eigenvalue weighted by atomic mass is 10.2. The van der Waals surface area contributed by atoms with Crippen molar-refractivity contribution in [3.8, 4) is 0 Å². The van der Waals surface area contributed by atoms with Gasteiger partial charge in [-0.25, -0.2) is 0 Å². The molecule has 2 aromatic rings. The summed E-state index contributed by atoms with van der Waals surface area (Å²) in [6.07, 6.45) is 5.45. The lowest BCUT2D eigenvalue weighted by molar-refractivity contribution is 0.329. The van der Waals surface area contributed by atoms with Crippen LogP contribution in [0.5, 0.6) is 0 Å². The molecule has 0 amide bonds. The van der Waals surface area contributed by atoms with Gasteiger partial charge in [-0.05, 0) is 23.7 Å². The fourth-order valence-corrected chi connectivity index (χ4v) is 6.23. The van der Waals surface area contributed by atoms with E-state index in [0.29, 0.717) is 0 Å². The number of rotatable bonds is 2. The summed E-state index contributed by atoms with van der Waals surface area (Å²) in [5.41, 5.74) is 3.64. The molecule has 0 aliphatic carbocycles. The van der Waals surface area contributed by atoms with E-state index >= 15 is 0 Å². The molecule has 0 unspecified atom stereocenters. The number of benzene rings is 2. The Hall–Kier alpha value is -1.90. The molecule has 0 atom stereocenters. The van der Waals surface area contributed by atoms with Gasteiger partial charge in [-0.2, -0.15) is 0 Å². The van der Waals surface area contributed by atoms with E-state index in [0.717, 1.165) is 13.0 Å². The van der Waals surface area contributed by atoms with Gasteiger partial charge in [0.25, 0.3) is 8.32 Å². The Balaban J connectivity index is 2.17. The van der Waals surface area contributed by atoms with Crippen molar-refractivity contribution in [1.29, 1.82) is 0 Å². The highest BCUT2D eigenvalue weighted by molar-refractivity contribution is 7.01. The maximum atomic E-state index is 6.50. The van der Waals surface area contributed by atoms with Crippen molar-refractivity contribution in [2.75, 3.05) is 6.61 Å². The van der Waals surface area contributed by atoms with Gasteiger partial charge in [-0.15, -0.1) is 0 Å². The molecule has 2 aromatic carbocycles. The Morgan fingerprint density at radius 2 is 1.43 bits per heavy atom. The molecule has 0 spiro atoms. The van der Waals surface area contributed by atoms with Crippen molar-refractivity contribution in [3.05, 3.63) is 84.1 Å². The Morgan fingerprint density at radius 1 is 0.857 bits per heavy atom. The van der Waals surface area contributed by atoms with Crippen LogP contribution in [0.4, 0.5) is 0 Å². The van der Waals surface area contributed by atoms with Gasteiger partial charge in [0.1, 0.15) is 0 Å². The lowest BCUT2D eigenvalue weighted by Crippen LogP contribution is -2.60. The fraction of sp³-hybridized carbons (Fsp3) is 0.158. The van der Waals surface area contributed by atoms with E-state index < -0.39 is 8.32 Å². The Bertz CT molecular complexity index is 604.